The molecule has 6 heteroatoms. The highest BCUT2D eigenvalue weighted by molar-refractivity contribution is 6.33. The average Bonchev–Trinajstić information content (AvgIpc) is 3.38. The Labute approximate surface area is 169 Å². The molecular weight excluding hydrogens is 376 g/mol. The number of benzene rings is 1. The van der Waals surface area contributed by atoms with Gasteiger partial charge >= 0.3 is 0 Å². The third-order valence-electron chi connectivity index (χ3n) is 7.53. The van der Waals surface area contributed by atoms with Crippen molar-refractivity contribution >= 4 is 35.0 Å². The monoisotopic (exact) mass is 400 g/mol. The molecule has 4 atom stereocenters. The van der Waals surface area contributed by atoms with Crippen LogP contribution in [0.1, 0.15) is 44.9 Å². The molecule has 1 aromatic rings. The van der Waals surface area contributed by atoms with Crippen LogP contribution < -0.4 is 5.32 Å². The molecule has 0 unspecified atom stereocenters. The molecule has 3 saturated carbocycles. The lowest BCUT2D eigenvalue weighted by Crippen LogP contribution is -2.44. The number of halogens is 1. The van der Waals surface area contributed by atoms with E-state index in [1.54, 1.807) is 17.0 Å². The first kappa shape index (κ1) is 18.2. The predicted molar refractivity (Wildman–Crippen MR) is 105 cm³/mol. The zero-order valence-electron chi connectivity index (χ0n) is 15.8. The summed E-state index contributed by atoms with van der Waals surface area (Å²) in [6.07, 6.45) is 6.09. The molecule has 4 fully saturated rings. The fourth-order valence-corrected chi connectivity index (χ4v) is 6.37. The number of rotatable bonds is 3. The molecule has 1 heterocycles. The van der Waals surface area contributed by atoms with E-state index in [0.29, 0.717) is 48.2 Å². The summed E-state index contributed by atoms with van der Waals surface area (Å²) in [5, 5.41) is 3.44. The van der Waals surface area contributed by atoms with Gasteiger partial charge < -0.3 is 5.32 Å². The molecule has 5 nitrogen and oxygen atoms in total. The maximum Gasteiger partial charge on any atom is 0.233 e. The maximum absolute atomic E-state index is 13.0. The summed E-state index contributed by atoms with van der Waals surface area (Å²) in [5.74, 6) is 0.775. The van der Waals surface area contributed by atoms with Crippen molar-refractivity contribution in [2.45, 2.75) is 51.0 Å². The van der Waals surface area contributed by atoms with Crippen LogP contribution in [0, 0.1) is 29.6 Å². The highest BCUT2D eigenvalue weighted by Gasteiger charge is 2.61. The Morgan fingerprint density at radius 1 is 0.929 bits per heavy atom. The zero-order chi connectivity index (χ0) is 19.4. The number of amides is 3. The molecule has 1 aromatic carbocycles. The first-order chi connectivity index (χ1) is 13.5. The lowest BCUT2D eigenvalue weighted by Gasteiger charge is -2.33. The molecule has 28 heavy (non-hydrogen) atoms. The number of para-hydroxylation sites is 1. The molecule has 1 saturated heterocycles. The number of likely N-dealkylation sites (tertiary alicyclic amines) is 1. The van der Waals surface area contributed by atoms with Crippen molar-refractivity contribution in [3.05, 3.63) is 29.3 Å². The summed E-state index contributed by atoms with van der Waals surface area (Å²) in [5.41, 5.74) is 0.629. The van der Waals surface area contributed by atoms with Crippen molar-refractivity contribution in [2.24, 2.45) is 29.6 Å². The van der Waals surface area contributed by atoms with E-state index in [4.69, 9.17) is 11.6 Å². The third-order valence-corrected chi connectivity index (χ3v) is 7.86. The van der Waals surface area contributed by atoms with E-state index in [-0.39, 0.29) is 41.5 Å². The van der Waals surface area contributed by atoms with Crippen LogP contribution in [0.4, 0.5) is 5.69 Å². The van der Waals surface area contributed by atoms with Crippen LogP contribution in [0.25, 0.3) is 0 Å². The lowest BCUT2D eigenvalue weighted by atomic mass is 9.81. The smallest absolute Gasteiger partial charge is 0.233 e. The highest BCUT2D eigenvalue weighted by atomic mass is 35.5. The molecular formula is C22H25ClN2O3. The predicted octanol–water partition coefficient (Wildman–Crippen LogP) is 3.87. The summed E-state index contributed by atoms with van der Waals surface area (Å²) < 4.78 is 0. The molecule has 1 N–H and O–H groups in total. The van der Waals surface area contributed by atoms with Gasteiger partial charge in [-0.15, -0.1) is 0 Å². The summed E-state index contributed by atoms with van der Waals surface area (Å²) in [7, 11) is 0. The Morgan fingerprint density at radius 3 is 2.14 bits per heavy atom. The Morgan fingerprint density at radius 2 is 1.54 bits per heavy atom. The van der Waals surface area contributed by atoms with E-state index in [1.165, 1.54) is 0 Å². The molecule has 3 aliphatic carbocycles. The van der Waals surface area contributed by atoms with Crippen molar-refractivity contribution < 1.29 is 14.4 Å². The topological polar surface area (TPSA) is 66.5 Å². The van der Waals surface area contributed by atoms with Gasteiger partial charge in [-0.2, -0.15) is 0 Å². The number of hydrogen-bond acceptors (Lipinski definition) is 3. The molecule has 148 valence electrons. The maximum atomic E-state index is 13.0. The van der Waals surface area contributed by atoms with E-state index in [0.717, 1.165) is 19.3 Å². The minimum absolute atomic E-state index is 0.0273. The van der Waals surface area contributed by atoms with E-state index < -0.39 is 0 Å². The molecule has 2 bridgehead atoms. The van der Waals surface area contributed by atoms with E-state index >= 15 is 0 Å². The molecule has 5 rings (SSSR count). The Hall–Kier alpha value is -1.88. The fourth-order valence-electron chi connectivity index (χ4n) is 6.19. The Balaban J connectivity index is 1.22. The van der Waals surface area contributed by atoms with E-state index in [9.17, 15) is 14.4 Å². The van der Waals surface area contributed by atoms with Gasteiger partial charge in [0.25, 0.3) is 0 Å². The number of imide groups is 1. The van der Waals surface area contributed by atoms with Gasteiger partial charge in [-0.1, -0.05) is 23.7 Å². The van der Waals surface area contributed by atoms with Gasteiger partial charge in [0.1, 0.15) is 0 Å². The molecule has 3 amide bonds. The van der Waals surface area contributed by atoms with Crippen LogP contribution in [0.3, 0.4) is 0 Å². The zero-order valence-corrected chi connectivity index (χ0v) is 16.5. The van der Waals surface area contributed by atoms with Gasteiger partial charge in [0.05, 0.1) is 22.5 Å². The van der Waals surface area contributed by atoms with Gasteiger partial charge in [-0.3, -0.25) is 19.3 Å². The molecule has 0 spiro atoms. The molecule has 0 aromatic heterocycles. The summed E-state index contributed by atoms with van der Waals surface area (Å²) in [6, 6.07) is 7.18. The fraction of sp³-hybridized carbons (Fsp3) is 0.591. The van der Waals surface area contributed by atoms with E-state index in [1.807, 2.05) is 12.1 Å². The van der Waals surface area contributed by atoms with Crippen molar-refractivity contribution in [1.82, 2.24) is 4.90 Å². The molecule has 1 aliphatic heterocycles. The van der Waals surface area contributed by atoms with Crippen LogP contribution in [0.15, 0.2) is 24.3 Å². The van der Waals surface area contributed by atoms with Gasteiger partial charge in [-0.25, -0.2) is 0 Å². The van der Waals surface area contributed by atoms with Gasteiger partial charge in [0, 0.05) is 12.0 Å². The number of fused-ring (bicyclic) bond motifs is 5. The van der Waals surface area contributed by atoms with Crippen molar-refractivity contribution in [3.8, 4) is 0 Å². The molecule has 4 aliphatic rings. The lowest BCUT2D eigenvalue weighted by molar-refractivity contribution is -0.144. The number of hydrogen-bond donors (Lipinski definition) is 1. The quantitative estimate of drug-likeness (QED) is 0.783. The normalized spacial score (nSPS) is 36.7. The van der Waals surface area contributed by atoms with Crippen molar-refractivity contribution in [3.63, 3.8) is 0 Å². The van der Waals surface area contributed by atoms with Gasteiger partial charge in [0.2, 0.25) is 17.7 Å². The van der Waals surface area contributed by atoms with Crippen LogP contribution in [-0.2, 0) is 14.4 Å². The number of anilines is 1. The first-order valence-corrected chi connectivity index (χ1v) is 10.8. The third kappa shape index (κ3) is 2.78. The largest absolute Gasteiger partial charge is 0.325 e. The first-order valence-electron chi connectivity index (χ1n) is 10.5. The van der Waals surface area contributed by atoms with Crippen LogP contribution in [-0.4, -0.2) is 28.7 Å². The SMILES string of the molecule is O=C(Nc1ccccc1Cl)C1CCC(N2C(=O)[C@@H]3[C@H]4CC[C@@H](C4)[C@@H]3C2=O)CC1. The second-order valence-corrected chi connectivity index (χ2v) is 9.31. The van der Waals surface area contributed by atoms with Crippen molar-refractivity contribution in [1.29, 1.82) is 0 Å². The highest BCUT2D eigenvalue weighted by Crippen LogP contribution is 2.56. The van der Waals surface area contributed by atoms with Crippen LogP contribution >= 0.6 is 11.6 Å². The van der Waals surface area contributed by atoms with Gasteiger partial charge in [0.15, 0.2) is 0 Å². The van der Waals surface area contributed by atoms with E-state index in [2.05, 4.69) is 5.32 Å². The standard InChI is InChI=1S/C22H25ClN2O3/c23-16-3-1-2-4-17(16)24-20(26)12-7-9-15(10-8-12)25-21(27)18-13-5-6-14(11-13)19(18)22(25)28/h1-4,12-15,18-19H,5-11H2,(H,24,26)/t12?,13-,14-,15?,18-,19+/m0/s1. The second kappa shape index (κ2) is 6.87. The Bertz CT molecular complexity index is 805. The summed E-state index contributed by atoms with van der Waals surface area (Å²) >= 11 is 6.13. The summed E-state index contributed by atoms with van der Waals surface area (Å²) in [4.78, 5) is 40.2. The van der Waals surface area contributed by atoms with Crippen molar-refractivity contribution in [2.75, 3.05) is 5.32 Å². The van der Waals surface area contributed by atoms with Crippen LogP contribution in [0.2, 0.25) is 5.02 Å². The summed E-state index contributed by atoms with van der Waals surface area (Å²) in [6.45, 7) is 0. The minimum Gasteiger partial charge on any atom is -0.325 e. The minimum atomic E-state index is -0.101. The Kier molecular flexibility index (Phi) is 4.46. The van der Waals surface area contributed by atoms with Crippen LogP contribution in [0.5, 0.6) is 0 Å². The number of nitrogens with zero attached hydrogens (tertiary/aromatic N) is 1. The number of nitrogens with one attached hydrogen (secondary N) is 1. The number of carbonyl (C=O) groups is 3. The second-order valence-electron chi connectivity index (χ2n) is 8.91. The number of carbonyl (C=O) groups excluding carboxylic acids is 3. The molecule has 0 radical (unpaired) electrons. The average molecular weight is 401 g/mol. The van der Waals surface area contributed by atoms with Gasteiger partial charge in [-0.05, 0) is 68.9 Å².